The molecule has 0 radical (unpaired) electrons. The number of alkyl carbamates (subject to hydrolysis) is 1. The second-order valence-corrected chi connectivity index (χ2v) is 11.3. The third-order valence-electron chi connectivity index (χ3n) is 5.18. The molecule has 3 amide bonds. The largest absolute Gasteiger partial charge is 0.508 e. The lowest BCUT2D eigenvalue weighted by atomic mass is 9.97. The van der Waals surface area contributed by atoms with Gasteiger partial charge < -0.3 is 25.4 Å². The summed E-state index contributed by atoms with van der Waals surface area (Å²) in [4.78, 5) is 41.6. The molecule has 2 atom stereocenters. The number of ether oxygens (including phenoxy) is 1. The van der Waals surface area contributed by atoms with Crippen LogP contribution in [0.15, 0.2) is 24.3 Å². The molecule has 3 N–H and O–H groups in total. The molecule has 0 spiro atoms. The van der Waals surface area contributed by atoms with Gasteiger partial charge in [0, 0.05) is 17.6 Å². The fourth-order valence-corrected chi connectivity index (χ4v) is 3.63. The number of para-hydroxylation sites is 1. The SMILES string of the molecule is CCCCCN(C(=O)C(NC(=O)OC(C)(C)C)C(C)C)C(C(=O)NC(C)(C)C)c1ccccc1O. The summed E-state index contributed by atoms with van der Waals surface area (Å²) in [6.07, 6.45) is 1.77. The number of carbonyl (C=O) groups is 3. The number of rotatable bonds is 10. The number of unbranched alkanes of at least 4 members (excludes halogenated alkanes) is 2. The van der Waals surface area contributed by atoms with Crippen LogP contribution in [-0.4, -0.2) is 51.6 Å². The Labute approximate surface area is 210 Å². The molecule has 198 valence electrons. The fraction of sp³-hybridized carbons (Fsp3) is 0.667. The molecule has 0 bridgehead atoms. The molecule has 0 fully saturated rings. The lowest BCUT2D eigenvalue weighted by molar-refractivity contribution is -0.144. The number of nitrogens with one attached hydrogen (secondary N) is 2. The Kier molecular flexibility index (Phi) is 11.1. The van der Waals surface area contributed by atoms with Crippen molar-refractivity contribution in [3.8, 4) is 5.75 Å². The van der Waals surface area contributed by atoms with Gasteiger partial charge in [-0.3, -0.25) is 9.59 Å². The van der Waals surface area contributed by atoms with Gasteiger partial charge in [0.25, 0.3) is 0 Å². The number of benzene rings is 1. The summed E-state index contributed by atoms with van der Waals surface area (Å²) in [6.45, 7) is 16.8. The Bertz CT molecular complexity index is 855. The van der Waals surface area contributed by atoms with Crippen molar-refractivity contribution < 1.29 is 24.2 Å². The van der Waals surface area contributed by atoms with Crippen molar-refractivity contribution >= 4 is 17.9 Å². The van der Waals surface area contributed by atoms with Crippen LogP contribution in [0.5, 0.6) is 5.75 Å². The number of phenolic OH excluding ortho intramolecular Hbond substituents is 1. The lowest BCUT2D eigenvalue weighted by Crippen LogP contribution is -2.56. The quantitative estimate of drug-likeness (QED) is 0.403. The van der Waals surface area contributed by atoms with Crippen LogP contribution in [0.25, 0.3) is 0 Å². The molecule has 1 aromatic carbocycles. The zero-order valence-electron chi connectivity index (χ0n) is 22.9. The van der Waals surface area contributed by atoms with Crippen molar-refractivity contribution in [1.29, 1.82) is 0 Å². The second kappa shape index (κ2) is 12.8. The van der Waals surface area contributed by atoms with E-state index in [1.165, 1.54) is 11.0 Å². The standard InChI is InChI=1S/C27H45N3O5/c1-10-11-14-17-30(24(33)21(18(2)3)28-25(34)35-27(7,8)9)22(23(32)29-26(4,5)6)19-15-12-13-16-20(19)31/h12-13,15-16,18,21-22,31H,10-11,14,17H2,1-9H3,(H,28,34)(H,29,32). The van der Waals surface area contributed by atoms with E-state index in [0.29, 0.717) is 18.5 Å². The highest BCUT2D eigenvalue weighted by molar-refractivity contribution is 5.92. The molecule has 0 aliphatic rings. The van der Waals surface area contributed by atoms with Crippen molar-refractivity contribution in [3.05, 3.63) is 29.8 Å². The van der Waals surface area contributed by atoms with Gasteiger partial charge in [0.1, 0.15) is 23.4 Å². The van der Waals surface area contributed by atoms with Gasteiger partial charge >= 0.3 is 6.09 Å². The smallest absolute Gasteiger partial charge is 0.408 e. The highest BCUT2D eigenvalue weighted by Gasteiger charge is 2.39. The summed E-state index contributed by atoms with van der Waals surface area (Å²) in [6, 6.07) is 4.56. The molecular formula is C27H45N3O5. The molecule has 0 aliphatic carbocycles. The summed E-state index contributed by atoms with van der Waals surface area (Å²) in [5, 5.41) is 16.3. The predicted molar refractivity (Wildman–Crippen MR) is 138 cm³/mol. The van der Waals surface area contributed by atoms with E-state index in [2.05, 4.69) is 17.6 Å². The molecule has 1 rings (SSSR count). The Morgan fingerprint density at radius 2 is 1.63 bits per heavy atom. The number of carbonyl (C=O) groups excluding carboxylic acids is 3. The van der Waals surface area contributed by atoms with E-state index < -0.39 is 41.1 Å². The molecule has 0 saturated carbocycles. The third kappa shape index (κ3) is 10.2. The Morgan fingerprint density at radius 3 is 2.11 bits per heavy atom. The maximum absolute atomic E-state index is 14.0. The van der Waals surface area contributed by atoms with Gasteiger partial charge in [0.15, 0.2) is 0 Å². The van der Waals surface area contributed by atoms with Gasteiger partial charge in [-0.15, -0.1) is 0 Å². The van der Waals surface area contributed by atoms with Crippen LogP contribution in [-0.2, 0) is 14.3 Å². The number of amides is 3. The average molecular weight is 492 g/mol. The lowest BCUT2D eigenvalue weighted by Gasteiger charge is -2.37. The van der Waals surface area contributed by atoms with Crippen molar-refractivity contribution in [2.45, 2.75) is 105 Å². The summed E-state index contributed by atoms with van der Waals surface area (Å²) in [5.41, 5.74) is -0.941. The van der Waals surface area contributed by atoms with E-state index in [9.17, 15) is 19.5 Å². The van der Waals surface area contributed by atoms with E-state index in [1.54, 1.807) is 39.0 Å². The molecule has 0 aliphatic heterocycles. The van der Waals surface area contributed by atoms with Gasteiger partial charge in [-0.2, -0.15) is 0 Å². The van der Waals surface area contributed by atoms with Gasteiger partial charge in [0.05, 0.1) is 0 Å². The predicted octanol–water partition coefficient (Wildman–Crippen LogP) is 4.92. The van der Waals surface area contributed by atoms with E-state index in [0.717, 1.165) is 12.8 Å². The zero-order chi connectivity index (χ0) is 27.0. The highest BCUT2D eigenvalue weighted by Crippen LogP contribution is 2.31. The molecule has 0 saturated heterocycles. The van der Waals surface area contributed by atoms with E-state index in [-0.39, 0.29) is 11.7 Å². The first kappa shape index (κ1) is 30.3. The van der Waals surface area contributed by atoms with Crippen LogP contribution < -0.4 is 10.6 Å². The number of hydrogen-bond donors (Lipinski definition) is 3. The normalized spacial score (nSPS) is 13.7. The van der Waals surface area contributed by atoms with Crippen LogP contribution in [0, 0.1) is 5.92 Å². The molecule has 2 unspecified atom stereocenters. The Balaban J connectivity index is 3.51. The van der Waals surface area contributed by atoms with Gasteiger partial charge in [0.2, 0.25) is 11.8 Å². The Morgan fingerprint density at radius 1 is 1.03 bits per heavy atom. The fourth-order valence-electron chi connectivity index (χ4n) is 3.63. The topological polar surface area (TPSA) is 108 Å². The summed E-state index contributed by atoms with van der Waals surface area (Å²) < 4.78 is 5.38. The first-order valence-corrected chi connectivity index (χ1v) is 12.5. The van der Waals surface area contributed by atoms with E-state index in [4.69, 9.17) is 4.74 Å². The van der Waals surface area contributed by atoms with Crippen LogP contribution in [0.3, 0.4) is 0 Å². The molecule has 0 aromatic heterocycles. The van der Waals surface area contributed by atoms with Crippen molar-refractivity contribution in [1.82, 2.24) is 15.5 Å². The first-order valence-electron chi connectivity index (χ1n) is 12.5. The number of phenols is 1. The minimum Gasteiger partial charge on any atom is -0.508 e. The highest BCUT2D eigenvalue weighted by atomic mass is 16.6. The molecule has 1 aromatic rings. The van der Waals surface area contributed by atoms with Gasteiger partial charge in [-0.1, -0.05) is 51.8 Å². The number of nitrogens with zero attached hydrogens (tertiary/aromatic N) is 1. The summed E-state index contributed by atoms with van der Waals surface area (Å²) >= 11 is 0. The molecule has 0 heterocycles. The molecular weight excluding hydrogens is 446 g/mol. The van der Waals surface area contributed by atoms with E-state index in [1.807, 2.05) is 34.6 Å². The van der Waals surface area contributed by atoms with Crippen molar-refractivity contribution in [3.63, 3.8) is 0 Å². The Hall–Kier alpha value is -2.77. The summed E-state index contributed by atoms with van der Waals surface area (Å²) in [5.74, 6) is -1.14. The van der Waals surface area contributed by atoms with Crippen LogP contribution in [0.1, 0.15) is 93.2 Å². The van der Waals surface area contributed by atoms with Crippen molar-refractivity contribution in [2.75, 3.05) is 6.54 Å². The van der Waals surface area contributed by atoms with Crippen LogP contribution >= 0.6 is 0 Å². The zero-order valence-corrected chi connectivity index (χ0v) is 22.9. The third-order valence-corrected chi connectivity index (χ3v) is 5.18. The maximum Gasteiger partial charge on any atom is 0.408 e. The van der Waals surface area contributed by atoms with Crippen LogP contribution in [0.2, 0.25) is 0 Å². The average Bonchev–Trinajstić information content (AvgIpc) is 2.69. The minimum atomic E-state index is -1.07. The first-order chi connectivity index (χ1) is 16.1. The molecule has 8 heteroatoms. The number of hydrogen-bond acceptors (Lipinski definition) is 5. The van der Waals surface area contributed by atoms with Crippen molar-refractivity contribution in [2.24, 2.45) is 5.92 Å². The number of aromatic hydroxyl groups is 1. The molecule has 35 heavy (non-hydrogen) atoms. The minimum absolute atomic E-state index is 0.0731. The van der Waals surface area contributed by atoms with Gasteiger partial charge in [-0.25, -0.2) is 4.79 Å². The van der Waals surface area contributed by atoms with Crippen LogP contribution in [0.4, 0.5) is 4.79 Å². The maximum atomic E-state index is 14.0. The van der Waals surface area contributed by atoms with Gasteiger partial charge in [-0.05, 0) is 59.9 Å². The monoisotopic (exact) mass is 491 g/mol. The summed E-state index contributed by atoms with van der Waals surface area (Å²) in [7, 11) is 0. The van der Waals surface area contributed by atoms with E-state index >= 15 is 0 Å². The second-order valence-electron chi connectivity index (χ2n) is 11.3. The molecule has 8 nitrogen and oxygen atoms in total.